The summed E-state index contributed by atoms with van der Waals surface area (Å²) in [4.78, 5) is 6.55. The zero-order valence-electron chi connectivity index (χ0n) is 13.3. The topological polar surface area (TPSA) is 47.1 Å². The maximum Gasteiger partial charge on any atom is 0.295 e. The van der Waals surface area contributed by atoms with E-state index in [2.05, 4.69) is 16.8 Å². The first-order chi connectivity index (χ1) is 11.1. The highest BCUT2D eigenvalue weighted by atomic mass is 19.3. The van der Waals surface area contributed by atoms with Crippen molar-refractivity contribution in [3.63, 3.8) is 0 Å². The summed E-state index contributed by atoms with van der Waals surface area (Å²) in [5.41, 5.74) is 9.12. The van der Waals surface area contributed by atoms with Crippen LogP contribution in [0.4, 0.5) is 20.2 Å². The first-order valence-electron chi connectivity index (χ1n) is 8.39. The third-order valence-electron chi connectivity index (χ3n) is 4.97. The molecule has 1 aliphatic heterocycles. The number of imidazole rings is 1. The molecule has 1 atom stereocenters. The molecule has 0 radical (unpaired) electrons. The fourth-order valence-electron chi connectivity index (χ4n) is 3.78. The van der Waals surface area contributed by atoms with Gasteiger partial charge in [0.1, 0.15) is 5.52 Å². The van der Waals surface area contributed by atoms with Crippen LogP contribution in [0.5, 0.6) is 0 Å². The molecular weight excluding hydrogens is 298 g/mol. The predicted molar refractivity (Wildman–Crippen MR) is 88.0 cm³/mol. The monoisotopic (exact) mass is 320 g/mol. The van der Waals surface area contributed by atoms with Crippen molar-refractivity contribution >= 4 is 22.4 Å². The number of aromatic nitrogens is 2. The summed E-state index contributed by atoms with van der Waals surface area (Å²) in [6.45, 7) is 4.04. The smallest absolute Gasteiger partial charge is 0.295 e. The van der Waals surface area contributed by atoms with Crippen LogP contribution in [0, 0.1) is 5.92 Å². The van der Waals surface area contributed by atoms with Gasteiger partial charge >= 0.3 is 0 Å². The number of alkyl halides is 2. The average molecular weight is 320 g/mol. The number of fused-ring (bicyclic) bond motifs is 1. The Bertz CT molecular complexity index is 736. The fourth-order valence-corrected chi connectivity index (χ4v) is 3.78. The lowest BCUT2D eigenvalue weighted by Crippen LogP contribution is -2.34. The fraction of sp³-hybridized carbons (Fsp3) is 0.588. The molecule has 0 unspecified atom stereocenters. The van der Waals surface area contributed by atoms with E-state index >= 15 is 0 Å². The van der Waals surface area contributed by atoms with Crippen LogP contribution in [0.1, 0.15) is 50.9 Å². The van der Waals surface area contributed by atoms with Gasteiger partial charge in [0, 0.05) is 19.1 Å². The molecule has 4 nitrogen and oxygen atoms in total. The zero-order chi connectivity index (χ0) is 16.1. The van der Waals surface area contributed by atoms with Crippen molar-refractivity contribution in [1.29, 1.82) is 0 Å². The van der Waals surface area contributed by atoms with E-state index in [9.17, 15) is 8.78 Å². The first kappa shape index (κ1) is 14.7. The maximum atomic E-state index is 13.5. The van der Waals surface area contributed by atoms with E-state index in [0.717, 1.165) is 43.6 Å². The minimum Gasteiger partial charge on any atom is -0.397 e. The molecule has 1 aromatic heterocycles. The van der Waals surface area contributed by atoms with Crippen LogP contribution >= 0.6 is 0 Å². The second kappa shape index (κ2) is 5.35. The summed E-state index contributed by atoms with van der Waals surface area (Å²) >= 11 is 0. The highest BCUT2D eigenvalue weighted by molar-refractivity contribution is 5.96. The van der Waals surface area contributed by atoms with Gasteiger partial charge in [-0.2, -0.15) is 0 Å². The van der Waals surface area contributed by atoms with Crippen LogP contribution in [0.15, 0.2) is 12.1 Å². The maximum absolute atomic E-state index is 13.5. The lowest BCUT2D eigenvalue weighted by molar-refractivity contribution is 0.136. The highest BCUT2D eigenvalue weighted by Crippen LogP contribution is 2.44. The van der Waals surface area contributed by atoms with Gasteiger partial charge in [0.2, 0.25) is 0 Å². The molecule has 1 aliphatic carbocycles. The molecule has 1 aromatic carbocycles. The van der Waals surface area contributed by atoms with E-state index in [4.69, 9.17) is 5.73 Å². The third kappa shape index (κ3) is 2.44. The van der Waals surface area contributed by atoms with E-state index in [0.29, 0.717) is 17.1 Å². The molecule has 2 aromatic rings. The Kier molecular flexibility index (Phi) is 3.43. The van der Waals surface area contributed by atoms with Gasteiger partial charge < -0.3 is 15.2 Å². The van der Waals surface area contributed by atoms with Gasteiger partial charge in [-0.3, -0.25) is 0 Å². The van der Waals surface area contributed by atoms with Crippen molar-refractivity contribution in [2.45, 2.75) is 45.1 Å². The van der Waals surface area contributed by atoms with Crippen LogP contribution in [-0.2, 0) is 0 Å². The Morgan fingerprint density at radius 1 is 1.26 bits per heavy atom. The first-order valence-corrected chi connectivity index (χ1v) is 8.39. The minimum atomic E-state index is -2.56. The van der Waals surface area contributed by atoms with Crippen LogP contribution in [0.2, 0.25) is 0 Å². The molecule has 1 saturated carbocycles. The average Bonchev–Trinajstić information content (AvgIpc) is 3.27. The zero-order valence-corrected chi connectivity index (χ0v) is 13.3. The molecule has 1 saturated heterocycles. The van der Waals surface area contributed by atoms with Crippen molar-refractivity contribution in [3.05, 3.63) is 18.0 Å². The van der Waals surface area contributed by atoms with E-state index in [-0.39, 0.29) is 11.9 Å². The molecule has 0 spiro atoms. The SMILES string of the molecule is C[C@@H]1CCCN(c2c(N)ccc3c2nc(C(F)F)n3C2CC2)C1. The number of benzene rings is 1. The van der Waals surface area contributed by atoms with Crippen LogP contribution < -0.4 is 10.6 Å². The van der Waals surface area contributed by atoms with Crippen molar-refractivity contribution in [2.24, 2.45) is 5.92 Å². The molecule has 124 valence electrons. The number of nitrogen functional groups attached to an aromatic ring is 1. The summed E-state index contributed by atoms with van der Waals surface area (Å²) < 4.78 is 28.7. The molecular formula is C17H22F2N4. The van der Waals surface area contributed by atoms with Crippen molar-refractivity contribution in [3.8, 4) is 0 Å². The number of nitrogens with zero attached hydrogens (tertiary/aromatic N) is 3. The van der Waals surface area contributed by atoms with Crippen molar-refractivity contribution < 1.29 is 8.78 Å². The summed E-state index contributed by atoms with van der Waals surface area (Å²) in [6, 6.07) is 3.85. The Morgan fingerprint density at radius 3 is 2.70 bits per heavy atom. The Hall–Kier alpha value is -1.85. The summed E-state index contributed by atoms with van der Waals surface area (Å²) in [5.74, 6) is 0.470. The van der Waals surface area contributed by atoms with E-state index in [1.165, 1.54) is 6.42 Å². The van der Waals surface area contributed by atoms with Crippen LogP contribution in [0.3, 0.4) is 0 Å². The second-order valence-corrected chi connectivity index (χ2v) is 6.94. The lowest BCUT2D eigenvalue weighted by Gasteiger charge is -2.33. The van der Waals surface area contributed by atoms with Gasteiger partial charge in [0.25, 0.3) is 6.43 Å². The molecule has 2 fully saturated rings. The van der Waals surface area contributed by atoms with Gasteiger partial charge in [0.15, 0.2) is 5.82 Å². The third-order valence-corrected chi connectivity index (χ3v) is 4.97. The molecule has 6 heteroatoms. The van der Waals surface area contributed by atoms with Gasteiger partial charge in [-0.25, -0.2) is 13.8 Å². The van der Waals surface area contributed by atoms with Gasteiger partial charge in [0.05, 0.1) is 16.9 Å². The standard InChI is InChI=1S/C17H22F2N4/c1-10-3-2-8-22(9-10)15-12(20)6-7-13-14(15)21-17(16(18)19)23(13)11-4-5-11/h6-7,10-11,16H,2-5,8-9,20H2,1H3/t10-/m1/s1. The molecule has 4 rings (SSSR count). The Morgan fingerprint density at radius 2 is 2.04 bits per heavy atom. The second-order valence-electron chi connectivity index (χ2n) is 6.94. The normalized spacial score (nSPS) is 22.3. The summed E-state index contributed by atoms with van der Waals surface area (Å²) in [7, 11) is 0. The molecule has 2 heterocycles. The largest absolute Gasteiger partial charge is 0.397 e. The number of rotatable bonds is 3. The predicted octanol–water partition coefficient (Wildman–Crippen LogP) is 4.13. The van der Waals surface area contributed by atoms with E-state index in [1.807, 2.05) is 12.1 Å². The molecule has 0 amide bonds. The molecule has 2 aliphatic rings. The van der Waals surface area contributed by atoms with Gasteiger partial charge in [-0.1, -0.05) is 6.92 Å². The summed E-state index contributed by atoms with van der Waals surface area (Å²) in [6.07, 6.45) is 1.64. The molecule has 23 heavy (non-hydrogen) atoms. The molecule has 2 N–H and O–H groups in total. The number of hydrogen-bond acceptors (Lipinski definition) is 3. The minimum absolute atomic E-state index is 0.112. The quantitative estimate of drug-likeness (QED) is 0.865. The van der Waals surface area contributed by atoms with E-state index in [1.54, 1.807) is 4.57 Å². The van der Waals surface area contributed by atoms with Crippen molar-refractivity contribution in [2.75, 3.05) is 23.7 Å². The lowest BCUT2D eigenvalue weighted by atomic mass is 9.99. The van der Waals surface area contributed by atoms with Gasteiger partial charge in [-0.05, 0) is 43.7 Å². The number of halogens is 2. The highest BCUT2D eigenvalue weighted by Gasteiger charge is 2.33. The van der Waals surface area contributed by atoms with Crippen molar-refractivity contribution in [1.82, 2.24) is 9.55 Å². The van der Waals surface area contributed by atoms with E-state index < -0.39 is 6.43 Å². The van der Waals surface area contributed by atoms with Gasteiger partial charge in [-0.15, -0.1) is 0 Å². The Labute approximate surface area is 134 Å². The number of hydrogen-bond donors (Lipinski definition) is 1. The number of anilines is 2. The van der Waals surface area contributed by atoms with Crippen LogP contribution in [0.25, 0.3) is 11.0 Å². The number of piperidine rings is 1. The Balaban J connectivity index is 1.89. The summed E-state index contributed by atoms with van der Waals surface area (Å²) in [5, 5.41) is 0. The van der Waals surface area contributed by atoms with Crippen LogP contribution in [-0.4, -0.2) is 22.6 Å². The number of nitrogens with two attached hydrogens (primary N) is 1. The molecule has 0 bridgehead atoms.